The molecule has 0 amide bonds. The zero-order valence-electron chi connectivity index (χ0n) is 16.8. The fourth-order valence-electron chi connectivity index (χ4n) is 4.35. The van der Waals surface area contributed by atoms with Crippen LogP contribution in [0, 0.1) is 0 Å². The molecule has 1 aromatic carbocycles. The van der Waals surface area contributed by atoms with Gasteiger partial charge in [-0.15, -0.1) is 5.10 Å². The number of nitrogens with zero attached hydrogens (tertiary/aromatic N) is 7. The fraction of sp³-hybridized carbons (Fsp3) is 0.650. The highest BCUT2D eigenvalue weighted by Gasteiger charge is 2.32. The van der Waals surface area contributed by atoms with Crippen molar-refractivity contribution in [3.8, 4) is 0 Å². The summed E-state index contributed by atoms with van der Waals surface area (Å²) in [6.07, 6.45) is 4.93. The Kier molecular flexibility index (Phi) is 5.41. The standard InChI is InChI=1S/C20H31N7/c1-24(2)17-10-8-16(9-11-17)19(26-14-12-25(3)13-15-26)20-21-22-23-27(20)18-6-4-5-7-18/h8-11,18-19H,4-7,12-15H2,1-3H3/t19-/m1/s1. The van der Waals surface area contributed by atoms with Gasteiger partial charge in [-0.1, -0.05) is 25.0 Å². The first-order chi connectivity index (χ1) is 13.1. The van der Waals surface area contributed by atoms with Crippen LogP contribution in [0.2, 0.25) is 0 Å². The molecule has 1 saturated carbocycles. The minimum atomic E-state index is 0.116. The topological polar surface area (TPSA) is 53.3 Å². The van der Waals surface area contributed by atoms with Crippen LogP contribution in [-0.4, -0.2) is 77.3 Å². The molecule has 1 aliphatic carbocycles. The molecule has 7 nitrogen and oxygen atoms in total. The van der Waals surface area contributed by atoms with Gasteiger partial charge in [-0.3, -0.25) is 4.90 Å². The van der Waals surface area contributed by atoms with Gasteiger partial charge in [0.1, 0.15) is 0 Å². The number of rotatable bonds is 5. The maximum Gasteiger partial charge on any atom is 0.173 e. The number of likely N-dealkylation sites (N-methyl/N-ethyl adjacent to an activating group) is 1. The molecule has 0 radical (unpaired) electrons. The molecule has 2 heterocycles. The largest absolute Gasteiger partial charge is 0.378 e. The Morgan fingerprint density at radius 1 is 1.00 bits per heavy atom. The predicted molar refractivity (Wildman–Crippen MR) is 107 cm³/mol. The zero-order valence-corrected chi connectivity index (χ0v) is 16.8. The van der Waals surface area contributed by atoms with Gasteiger partial charge in [0.2, 0.25) is 0 Å². The number of hydrogen-bond donors (Lipinski definition) is 0. The van der Waals surface area contributed by atoms with Gasteiger partial charge in [0.25, 0.3) is 0 Å². The van der Waals surface area contributed by atoms with Gasteiger partial charge < -0.3 is 9.80 Å². The Bertz CT molecular complexity index is 725. The lowest BCUT2D eigenvalue weighted by molar-refractivity contribution is 0.120. The summed E-state index contributed by atoms with van der Waals surface area (Å²) < 4.78 is 2.12. The van der Waals surface area contributed by atoms with Crippen LogP contribution in [0.15, 0.2) is 24.3 Å². The summed E-state index contributed by atoms with van der Waals surface area (Å²) in [5, 5.41) is 13.0. The smallest absolute Gasteiger partial charge is 0.173 e. The van der Waals surface area contributed by atoms with Crippen molar-refractivity contribution in [2.24, 2.45) is 0 Å². The van der Waals surface area contributed by atoms with E-state index in [-0.39, 0.29) is 6.04 Å². The molecule has 1 saturated heterocycles. The first-order valence-electron chi connectivity index (χ1n) is 10.1. The number of anilines is 1. The van der Waals surface area contributed by atoms with Gasteiger partial charge in [-0.2, -0.15) is 0 Å². The van der Waals surface area contributed by atoms with Gasteiger partial charge in [-0.25, -0.2) is 4.68 Å². The number of tetrazole rings is 1. The maximum atomic E-state index is 4.53. The van der Waals surface area contributed by atoms with E-state index < -0.39 is 0 Å². The number of piperazine rings is 1. The Hall–Kier alpha value is -1.99. The monoisotopic (exact) mass is 369 g/mol. The van der Waals surface area contributed by atoms with E-state index in [4.69, 9.17) is 0 Å². The Balaban J connectivity index is 1.69. The lowest BCUT2D eigenvalue weighted by atomic mass is 10.0. The molecular weight excluding hydrogens is 338 g/mol. The highest BCUT2D eigenvalue weighted by Crippen LogP contribution is 2.34. The van der Waals surface area contributed by atoms with Crippen molar-refractivity contribution in [2.75, 3.05) is 52.2 Å². The number of hydrogen-bond acceptors (Lipinski definition) is 6. The predicted octanol–water partition coefficient (Wildman–Crippen LogP) is 2.19. The molecule has 1 aliphatic heterocycles. The van der Waals surface area contributed by atoms with Crippen molar-refractivity contribution in [2.45, 2.75) is 37.8 Å². The summed E-state index contributed by atoms with van der Waals surface area (Å²) in [6.45, 7) is 4.23. The molecule has 2 aliphatic rings. The Labute approximate surface area is 161 Å². The van der Waals surface area contributed by atoms with Gasteiger partial charge >= 0.3 is 0 Å². The lowest BCUT2D eigenvalue weighted by Crippen LogP contribution is -2.46. The molecule has 146 valence electrons. The van der Waals surface area contributed by atoms with Crippen LogP contribution in [0.1, 0.15) is 49.2 Å². The van der Waals surface area contributed by atoms with Crippen LogP contribution >= 0.6 is 0 Å². The second kappa shape index (κ2) is 7.94. The molecular formula is C20H31N7. The van der Waals surface area contributed by atoms with Crippen LogP contribution in [0.4, 0.5) is 5.69 Å². The van der Waals surface area contributed by atoms with E-state index in [9.17, 15) is 0 Å². The van der Waals surface area contributed by atoms with Crippen LogP contribution in [0.25, 0.3) is 0 Å². The first-order valence-corrected chi connectivity index (χ1v) is 10.1. The average molecular weight is 370 g/mol. The summed E-state index contributed by atoms with van der Waals surface area (Å²) in [4.78, 5) is 7.07. The van der Waals surface area contributed by atoms with Crippen molar-refractivity contribution in [3.63, 3.8) is 0 Å². The van der Waals surface area contributed by atoms with E-state index in [1.807, 2.05) is 0 Å². The molecule has 0 spiro atoms. The highest BCUT2D eigenvalue weighted by molar-refractivity contribution is 5.47. The quantitative estimate of drug-likeness (QED) is 0.805. The van der Waals surface area contributed by atoms with Gasteiger partial charge in [0.15, 0.2) is 5.82 Å². The van der Waals surface area contributed by atoms with Crippen molar-refractivity contribution >= 4 is 5.69 Å². The van der Waals surface area contributed by atoms with E-state index in [1.54, 1.807) is 0 Å². The zero-order chi connectivity index (χ0) is 18.8. The molecule has 2 aromatic rings. The summed E-state index contributed by atoms with van der Waals surface area (Å²) in [5.41, 5.74) is 2.49. The van der Waals surface area contributed by atoms with E-state index in [0.29, 0.717) is 6.04 Å². The fourth-order valence-corrected chi connectivity index (χ4v) is 4.35. The minimum absolute atomic E-state index is 0.116. The molecule has 4 rings (SSSR count). The highest BCUT2D eigenvalue weighted by atomic mass is 15.6. The second-order valence-electron chi connectivity index (χ2n) is 8.15. The lowest BCUT2D eigenvalue weighted by Gasteiger charge is -2.37. The van der Waals surface area contributed by atoms with Crippen molar-refractivity contribution in [1.29, 1.82) is 0 Å². The van der Waals surface area contributed by atoms with Crippen LogP contribution in [0.3, 0.4) is 0 Å². The second-order valence-corrected chi connectivity index (χ2v) is 8.15. The van der Waals surface area contributed by atoms with Crippen LogP contribution < -0.4 is 4.90 Å². The third-order valence-electron chi connectivity index (χ3n) is 6.06. The first kappa shape index (κ1) is 18.4. The Morgan fingerprint density at radius 2 is 1.67 bits per heavy atom. The van der Waals surface area contributed by atoms with Gasteiger partial charge in [0.05, 0.1) is 12.1 Å². The average Bonchev–Trinajstić information content (AvgIpc) is 3.35. The van der Waals surface area contributed by atoms with Crippen molar-refractivity contribution < 1.29 is 0 Å². The molecule has 1 aromatic heterocycles. The van der Waals surface area contributed by atoms with Crippen LogP contribution in [-0.2, 0) is 0 Å². The summed E-state index contributed by atoms with van der Waals surface area (Å²) >= 11 is 0. The molecule has 0 bridgehead atoms. The minimum Gasteiger partial charge on any atom is -0.378 e. The van der Waals surface area contributed by atoms with Crippen molar-refractivity contribution in [1.82, 2.24) is 30.0 Å². The van der Waals surface area contributed by atoms with Gasteiger partial charge in [0, 0.05) is 46.0 Å². The van der Waals surface area contributed by atoms with Gasteiger partial charge in [-0.05, 0) is 48.0 Å². The summed E-state index contributed by atoms with van der Waals surface area (Å²) in [5.74, 6) is 1.00. The third kappa shape index (κ3) is 3.84. The molecule has 7 heteroatoms. The summed E-state index contributed by atoms with van der Waals surface area (Å²) in [7, 11) is 6.35. The molecule has 0 unspecified atom stereocenters. The normalized spacial score (nSPS) is 20.9. The summed E-state index contributed by atoms with van der Waals surface area (Å²) in [6, 6.07) is 9.44. The SMILES string of the molecule is CN1CCN([C@H](c2ccc(N(C)C)cc2)c2nnnn2C2CCCC2)CC1. The van der Waals surface area contributed by atoms with Crippen LogP contribution in [0.5, 0.6) is 0 Å². The Morgan fingerprint density at radius 3 is 2.30 bits per heavy atom. The van der Waals surface area contributed by atoms with E-state index in [0.717, 1.165) is 32.0 Å². The van der Waals surface area contributed by atoms with E-state index in [1.165, 1.54) is 36.9 Å². The molecule has 27 heavy (non-hydrogen) atoms. The third-order valence-corrected chi connectivity index (χ3v) is 6.06. The molecule has 2 fully saturated rings. The number of aromatic nitrogens is 4. The van der Waals surface area contributed by atoms with Crippen molar-refractivity contribution in [3.05, 3.63) is 35.7 Å². The maximum absolute atomic E-state index is 4.53. The number of benzene rings is 1. The molecule has 1 atom stereocenters. The van der Waals surface area contributed by atoms with E-state index in [2.05, 4.69) is 80.3 Å². The van der Waals surface area contributed by atoms with E-state index >= 15 is 0 Å². The molecule has 0 N–H and O–H groups in total.